The van der Waals surface area contributed by atoms with Crippen molar-refractivity contribution in [2.45, 2.75) is 13.5 Å². The monoisotopic (exact) mass is 207 g/mol. The summed E-state index contributed by atoms with van der Waals surface area (Å²) in [6, 6.07) is 3.47. The first-order valence-corrected chi connectivity index (χ1v) is 4.67. The predicted octanol–water partition coefficient (Wildman–Crippen LogP) is 1.15. The van der Waals surface area contributed by atoms with Crippen LogP contribution in [0.15, 0.2) is 24.4 Å². The van der Waals surface area contributed by atoms with Gasteiger partial charge in [-0.05, 0) is 24.6 Å². The van der Waals surface area contributed by atoms with Gasteiger partial charge in [0.25, 0.3) is 0 Å². The zero-order valence-corrected chi connectivity index (χ0v) is 8.51. The van der Waals surface area contributed by atoms with Crippen LogP contribution in [-0.2, 0) is 16.1 Å². The van der Waals surface area contributed by atoms with E-state index >= 15 is 0 Å². The van der Waals surface area contributed by atoms with E-state index in [-0.39, 0.29) is 12.6 Å². The Bertz CT molecular complexity index is 343. The van der Waals surface area contributed by atoms with Gasteiger partial charge in [0.15, 0.2) is 0 Å². The van der Waals surface area contributed by atoms with Crippen LogP contribution in [0.3, 0.4) is 0 Å². The lowest BCUT2D eigenvalue weighted by Crippen LogP contribution is -1.98. The molecule has 0 bridgehead atoms. The highest BCUT2D eigenvalue weighted by Crippen LogP contribution is 2.02. The number of pyridine rings is 1. The average molecular weight is 207 g/mol. The van der Waals surface area contributed by atoms with Crippen LogP contribution in [0.4, 0.5) is 0 Å². The average Bonchev–Trinajstić information content (AvgIpc) is 2.27. The number of carbonyl (C=O) groups is 1. The minimum absolute atomic E-state index is 0.0815. The summed E-state index contributed by atoms with van der Waals surface area (Å²) in [5.41, 5.74) is 1.39. The Balaban J connectivity index is 2.60. The van der Waals surface area contributed by atoms with Crippen LogP contribution in [0.25, 0.3) is 6.08 Å². The number of hydrogen-bond acceptors (Lipinski definition) is 4. The molecule has 1 aromatic heterocycles. The predicted molar refractivity (Wildman–Crippen MR) is 55.8 cm³/mol. The number of rotatable bonds is 4. The fourth-order valence-electron chi connectivity index (χ4n) is 0.983. The van der Waals surface area contributed by atoms with Crippen molar-refractivity contribution in [3.8, 4) is 0 Å². The number of nitrogens with zero attached hydrogens (tertiary/aromatic N) is 1. The standard InChI is InChI=1S/C11H13NO3/c1-2-15-11(14)6-4-9-3-5-10(8-13)12-7-9/h3-7,13H,2,8H2,1H3. The van der Waals surface area contributed by atoms with Gasteiger partial charge in [-0.3, -0.25) is 4.98 Å². The van der Waals surface area contributed by atoms with Crippen molar-refractivity contribution in [3.05, 3.63) is 35.7 Å². The van der Waals surface area contributed by atoms with Crippen molar-refractivity contribution < 1.29 is 14.6 Å². The van der Waals surface area contributed by atoms with Crippen molar-refractivity contribution in [2.75, 3.05) is 6.61 Å². The molecule has 15 heavy (non-hydrogen) atoms. The van der Waals surface area contributed by atoms with Gasteiger partial charge >= 0.3 is 5.97 Å². The van der Waals surface area contributed by atoms with Crippen LogP contribution in [0.2, 0.25) is 0 Å². The van der Waals surface area contributed by atoms with E-state index in [0.29, 0.717) is 12.3 Å². The molecule has 1 rings (SSSR count). The van der Waals surface area contributed by atoms with E-state index in [1.807, 2.05) is 0 Å². The Morgan fingerprint density at radius 1 is 1.60 bits per heavy atom. The first-order chi connectivity index (χ1) is 7.26. The summed E-state index contributed by atoms with van der Waals surface area (Å²) in [4.78, 5) is 14.9. The Morgan fingerprint density at radius 3 is 2.93 bits per heavy atom. The van der Waals surface area contributed by atoms with Gasteiger partial charge < -0.3 is 9.84 Å². The maximum Gasteiger partial charge on any atom is 0.330 e. The molecule has 0 fully saturated rings. The van der Waals surface area contributed by atoms with Crippen LogP contribution in [-0.4, -0.2) is 22.7 Å². The Kier molecular flexibility index (Phi) is 4.50. The summed E-state index contributed by atoms with van der Waals surface area (Å²) < 4.78 is 4.72. The molecule has 4 heteroatoms. The lowest BCUT2D eigenvalue weighted by molar-refractivity contribution is -0.137. The number of esters is 1. The van der Waals surface area contributed by atoms with Crippen molar-refractivity contribution in [3.63, 3.8) is 0 Å². The molecule has 0 radical (unpaired) electrons. The molecule has 0 aromatic carbocycles. The smallest absolute Gasteiger partial charge is 0.330 e. The third-order valence-corrected chi connectivity index (χ3v) is 1.71. The van der Waals surface area contributed by atoms with Crippen molar-refractivity contribution in [1.29, 1.82) is 0 Å². The van der Waals surface area contributed by atoms with Gasteiger partial charge in [0, 0.05) is 12.3 Å². The molecule has 0 saturated heterocycles. The quantitative estimate of drug-likeness (QED) is 0.594. The second-order valence-electron chi connectivity index (χ2n) is 2.83. The van der Waals surface area contributed by atoms with Crippen molar-refractivity contribution in [2.24, 2.45) is 0 Å². The summed E-state index contributed by atoms with van der Waals surface area (Å²) in [6.07, 6.45) is 4.55. The van der Waals surface area contributed by atoms with Crippen molar-refractivity contribution >= 4 is 12.0 Å². The topological polar surface area (TPSA) is 59.4 Å². The normalized spacial score (nSPS) is 10.5. The molecule has 0 aliphatic rings. The number of aromatic nitrogens is 1. The largest absolute Gasteiger partial charge is 0.463 e. The van der Waals surface area contributed by atoms with E-state index in [9.17, 15) is 4.79 Å². The molecular weight excluding hydrogens is 194 g/mol. The van der Waals surface area contributed by atoms with E-state index < -0.39 is 0 Å². The maximum absolute atomic E-state index is 11.0. The molecule has 0 spiro atoms. The fraction of sp³-hybridized carbons (Fsp3) is 0.273. The lowest BCUT2D eigenvalue weighted by Gasteiger charge is -1.96. The van der Waals surface area contributed by atoms with E-state index in [1.54, 1.807) is 31.3 Å². The number of aliphatic hydroxyl groups excluding tert-OH is 1. The Morgan fingerprint density at radius 2 is 2.40 bits per heavy atom. The molecule has 1 N–H and O–H groups in total. The molecule has 0 unspecified atom stereocenters. The highest BCUT2D eigenvalue weighted by molar-refractivity contribution is 5.86. The van der Waals surface area contributed by atoms with E-state index in [2.05, 4.69) is 4.98 Å². The number of aliphatic hydroxyl groups is 1. The molecular formula is C11H13NO3. The molecule has 0 saturated carbocycles. The summed E-state index contributed by atoms with van der Waals surface area (Å²) in [7, 11) is 0. The first kappa shape index (κ1) is 11.4. The summed E-state index contributed by atoms with van der Waals surface area (Å²) >= 11 is 0. The molecule has 0 amide bonds. The van der Waals surface area contributed by atoms with Gasteiger partial charge in [-0.15, -0.1) is 0 Å². The summed E-state index contributed by atoms with van der Waals surface area (Å²) in [5, 5.41) is 8.76. The third-order valence-electron chi connectivity index (χ3n) is 1.71. The van der Waals surface area contributed by atoms with Gasteiger partial charge in [0.1, 0.15) is 0 Å². The first-order valence-electron chi connectivity index (χ1n) is 4.67. The van der Waals surface area contributed by atoms with E-state index in [4.69, 9.17) is 9.84 Å². The third kappa shape index (κ3) is 3.91. The lowest BCUT2D eigenvalue weighted by atomic mass is 10.2. The van der Waals surface area contributed by atoms with Crippen LogP contribution < -0.4 is 0 Å². The van der Waals surface area contributed by atoms with Gasteiger partial charge in [0.05, 0.1) is 18.9 Å². The minimum atomic E-state index is -0.372. The minimum Gasteiger partial charge on any atom is -0.463 e. The fourth-order valence-corrected chi connectivity index (χ4v) is 0.983. The Labute approximate surface area is 88.2 Å². The number of carbonyl (C=O) groups excluding carboxylic acids is 1. The summed E-state index contributed by atoms with van der Waals surface area (Å²) in [6.45, 7) is 2.04. The Hall–Kier alpha value is -1.68. The van der Waals surface area contributed by atoms with Gasteiger partial charge in [-0.2, -0.15) is 0 Å². The van der Waals surface area contributed by atoms with Gasteiger partial charge in [-0.1, -0.05) is 6.07 Å². The van der Waals surface area contributed by atoms with E-state index in [1.165, 1.54) is 6.08 Å². The molecule has 0 aliphatic carbocycles. The molecule has 1 aromatic rings. The van der Waals surface area contributed by atoms with Crippen LogP contribution in [0.1, 0.15) is 18.2 Å². The molecule has 4 nitrogen and oxygen atoms in total. The zero-order chi connectivity index (χ0) is 11.1. The van der Waals surface area contributed by atoms with Gasteiger partial charge in [-0.25, -0.2) is 4.79 Å². The van der Waals surface area contributed by atoms with Gasteiger partial charge in [0.2, 0.25) is 0 Å². The second-order valence-corrected chi connectivity index (χ2v) is 2.83. The van der Waals surface area contributed by atoms with Crippen LogP contribution in [0.5, 0.6) is 0 Å². The number of hydrogen-bond donors (Lipinski definition) is 1. The maximum atomic E-state index is 11.0. The SMILES string of the molecule is CCOC(=O)C=Cc1ccc(CO)nc1. The number of ether oxygens (including phenoxy) is 1. The van der Waals surface area contributed by atoms with E-state index in [0.717, 1.165) is 5.56 Å². The molecule has 0 aliphatic heterocycles. The molecule has 80 valence electrons. The van der Waals surface area contributed by atoms with Crippen molar-refractivity contribution in [1.82, 2.24) is 4.98 Å². The second kappa shape index (κ2) is 5.93. The highest BCUT2D eigenvalue weighted by Gasteiger charge is 1.95. The molecule has 0 atom stereocenters. The van der Waals surface area contributed by atoms with Crippen LogP contribution in [0, 0.1) is 0 Å². The molecule has 1 heterocycles. The summed E-state index contributed by atoms with van der Waals surface area (Å²) in [5.74, 6) is -0.372. The van der Waals surface area contributed by atoms with Crippen LogP contribution >= 0.6 is 0 Å². The zero-order valence-electron chi connectivity index (χ0n) is 8.51. The highest BCUT2D eigenvalue weighted by atomic mass is 16.5.